The average Bonchev–Trinajstić information content (AvgIpc) is 3.28. The second-order valence-electron chi connectivity index (χ2n) is 6.55. The fourth-order valence-corrected chi connectivity index (χ4v) is 2.79. The minimum atomic E-state index is -0.204. The number of anilines is 1. The van der Waals surface area contributed by atoms with Gasteiger partial charge in [-0.05, 0) is 42.2 Å². The van der Waals surface area contributed by atoms with Gasteiger partial charge < -0.3 is 9.88 Å². The largest absolute Gasteiger partial charge is 0.342 e. The molecule has 25 heavy (non-hydrogen) atoms. The molecule has 6 heteroatoms. The third kappa shape index (κ3) is 4.56. The molecule has 0 spiro atoms. The van der Waals surface area contributed by atoms with Gasteiger partial charge in [-0.1, -0.05) is 26.0 Å². The standard InChI is InChI=1S/C19H23N5O/c1-15(2)11-18(23-9-3-4-10-23)19(25)22-17-7-5-16(6-8-17)12-24-14-20-13-21-24/h3-10,13-15,18H,11-12H2,1-2H3,(H,22,25)/t18-/m0/s1. The van der Waals surface area contributed by atoms with Gasteiger partial charge in [-0.3, -0.25) is 4.79 Å². The number of nitrogens with one attached hydrogen (secondary N) is 1. The molecule has 0 unspecified atom stereocenters. The Bertz CT molecular complexity index is 776. The van der Waals surface area contributed by atoms with Gasteiger partial charge in [0.2, 0.25) is 5.91 Å². The number of benzene rings is 1. The van der Waals surface area contributed by atoms with Crippen molar-refractivity contribution in [2.24, 2.45) is 5.92 Å². The van der Waals surface area contributed by atoms with Crippen LogP contribution in [0.25, 0.3) is 0 Å². The predicted octanol–water partition coefficient (Wildman–Crippen LogP) is 3.35. The minimum absolute atomic E-state index is 0.00827. The summed E-state index contributed by atoms with van der Waals surface area (Å²) in [4.78, 5) is 16.7. The third-order valence-electron chi connectivity index (χ3n) is 4.02. The molecule has 3 rings (SSSR count). The molecular weight excluding hydrogens is 314 g/mol. The van der Waals surface area contributed by atoms with Crippen LogP contribution in [-0.4, -0.2) is 25.2 Å². The summed E-state index contributed by atoms with van der Waals surface area (Å²) in [7, 11) is 0. The lowest BCUT2D eigenvalue weighted by atomic mass is 10.0. The summed E-state index contributed by atoms with van der Waals surface area (Å²) >= 11 is 0. The number of aromatic nitrogens is 4. The molecule has 2 aromatic heterocycles. The van der Waals surface area contributed by atoms with Crippen molar-refractivity contribution < 1.29 is 4.79 Å². The van der Waals surface area contributed by atoms with Crippen molar-refractivity contribution in [1.29, 1.82) is 0 Å². The van der Waals surface area contributed by atoms with Crippen LogP contribution < -0.4 is 5.32 Å². The van der Waals surface area contributed by atoms with Gasteiger partial charge in [0.05, 0.1) is 6.54 Å². The first-order valence-corrected chi connectivity index (χ1v) is 8.46. The van der Waals surface area contributed by atoms with E-state index >= 15 is 0 Å². The Balaban J connectivity index is 1.66. The maximum atomic E-state index is 12.7. The molecule has 1 amide bonds. The molecule has 1 atom stereocenters. The number of hydrogen-bond acceptors (Lipinski definition) is 3. The van der Waals surface area contributed by atoms with E-state index in [4.69, 9.17) is 0 Å². The van der Waals surface area contributed by atoms with Gasteiger partial charge >= 0.3 is 0 Å². The molecule has 3 aromatic rings. The smallest absolute Gasteiger partial charge is 0.247 e. The fraction of sp³-hybridized carbons (Fsp3) is 0.316. The highest BCUT2D eigenvalue weighted by Crippen LogP contribution is 2.20. The molecule has 0 aliphatic heterocycles. The van der Waals surface area contributed by atoms with E-state index < -0.39 is 0 Å². The molecule has 0 aliphatic rings. The summed E-state index contributed by atoms with van der Waals surface area (Å²) in [5.74, 6) is 0.442. The fourth-order valence-electron chi connectivity index (χ4n) is 2.79. The Morgan fingerprint density at radius 1 is 1.16 bits per heavy atom. The zero-order valence-corrected chi connectivity index (χ0v) is 14.5. The summed E-state index contributed by atoms with van der Waals surface area (Å²) in [6.45, 7) is 4.92. The van der Waals surface area contributed by atoms with Crippen molar-refractivity contribution in [1.82, 2.24) is 19.3 Å². The lowest BCUT2D eigenvalue weighted by Gasteiger charge is -2.20. The zero-order chi connectivity index (χ0) is 17.6. The highest BCUT2D eigenvalue weighted by Gasteiger charge is 2.21. The molecule has 0 saturated carbocycles. The van der Waals surface area contributed by atoms with Crippen LogP contribution in [0.1, 0.15) is 31.9 Å². The number of carbonyl (C=O) groups excluding carboxylic acids is 1. The van der Waals surface area contributed by atoms with Crippen LogP contribution in [0.4, 0.5) is 5.69 Å². The molecule has 1 N–H and O–H groups in total. The van der Waals surface area contributed by atoms with Gasteiger partial charge in [0.15, 0.2) is 0 Å². The number of hydrogen-bond donors (Lipinski definition) is 1. The molecule has 0 radical (unpaired) electrons. The third-order valence-corrected chi connectivity index (χ3v) is 4.02. The highest BCUT2D eigenvalue weighted by atomic mass is 16.2. The second kappa shape index (κ2) is 7.79. The van der Waals surface area contributed by atoms with Crippen molar-refractivity contribution in [2.75, 3.05) is 5.32 Å². The Morgan fingerprint density at radius 2 is 1.88 bits per heavy atom. The quantitative estimate of drug-likeness (QED) is 0.719. The normalized spacial score (nSPS) is 12.3. The molecule has 2 heterocycles. The predicted molar refractivity (Wildman–Crippen MR) is 97.1 cm³/mol. The van der Waals surface area contributed by atoms with Gasteiger partial charge in [-0.2, -0.15) is 5.10 Å². The van der Waals surface area contributed by atoms with E-state index in [1.807, 2.05) is 53.4 Å². The molecule has 0 fully saturated rings. The lowest BCUT2D eigenvalue weighted by molar-refractivity contribution is -0.119. The molecule has 0 saturated heterocycles. The van der Waals surface area contributed by atoms with Crippen LogP contribution in [0.2, 0.25) is 0 Å². The van der Waals surface area contributed by atoms with Crippen molar-refractivity contribution in [2.45, 2.75) is 32.9 Å². The zero-order valence-electron chi connectivity index (χ0n) is 14.5. The van der Waals surface area contributed by atoms with Gasteiger partial charge in [0.25, 0.3) is 0 Å². The first-order chi connectivity index (χ1) is 12.1. The molecule has 6 nitrogen and oxygen atoms in total. The first-order valence-electron chi connectivity index (χ1n) is 8.46. The van der Waals surface area contributed by atoms with E-state index in [2.05, 4.69) is 29.2 Å². The van der Waals surface area contributed by atoms with Crippen LogP contribution in [-0.2, 0) is 11.3 Å². The summed E-state index contributed by atoms with van der Waals surface area (Å²) in [6.07, 6.45) is 7.88. The van der Waals surface area contributed by atoms with Gasteiger partial charge in [-0.15, -0.1) is 0 Å². The van der Waals surface area contributed by atoms with Crippen molar-refractivity contribution in [3.05, 3.63) is 67.0 Å². The Labute approximate surface area is 147 Å². The maximum Gasteiger partial charge on any atom is 0.247 e. The Morgan fingerprint density at radius 3 is 2.48 bits per heavy atom. The van der Waals surface area contributed by atoms with Crippen molar-refractivity contribution >= 4 is 11.6 Å². The van der Waals surface area contributed by atoms with E-state index in [1.165, 1.54) is 6.33 Å². The molecule has 130 valence electrons. The van der Waals surface area contributed by atoms with E-state index in [9.17, 15) is 4.79 Å². The monoisotopic (exact) mass is 337 g/mol. The Hall–Kier alpha value is -2.89. The molecule has 0 bridgehead atoms. The van der Waals surface area contributed by atoms with E-state index in [1.54, 1.807) is 11.0 Å². The Kier molecular flexibility index (Phi) is 5.28. The average molecular weight is 337 g/mol. The van der Waals surface area contributed by atoms with Crippen molar-refractivity contribution in [3.8, 4) is 0 Å². The molecule has 0 aliphatic carbocycles. The van der Waals surface area contributed by atoms with Crippen LogP contribution >= 0.6 is 0 Å². The minimum Gasteiger partial charge on any atom is -0.342 e. The van der Waals surface area contributed by atoms with E-state index in [0.29, 0.717) is 12.5 Å². The highest BCUT2D eigenvalue weighted by molar-refractivity contribution is 5.93. The summed E-state index contributed by atoms with van der Waals surface area (Å²) < 4.78 is 3.73. The number of nitrogens with zero attached hydrogens (tertiary/aromatic N) is 4. The van der Waals surface area contributed by atoms with Gasteiger partial charge in [-0.25, -0.2) is 9.67 Å². The van der Waals surface area contributed by atoms with Crippen LogP contribution in [0.15, 0.2) is 61.4 Å². The number of rotatable bonds is 7. The van der Waals surface area contributed by atoms with Crippen molar-refractivity contribution in [3.63, 3.8) is 0 Å². The summed E-state index contributed by atoms with van der Waals surface area (Å²) in [5, 5.41) is 7.12. The van der Waals surface area contributed by atoms with E-state index in [-0.39, 0.29) is 11.9 Å². The number of carbonyl (C=O) groups is 1. The lowest BCUT2D eigenvalue weighted by Crippen LogP contribution is -2.26. The molecular formula is C19H23N5O. The summed E-state index contributed by atoms with van der Waals surface area (Å²) in [6, 6.07) is 11.5. The van der Waals surface area contributed by atoms with Crippen LogP contribution in [0.3, 0.4) is 0 Å². The first kappa shape index (κ1) is 17.0. The SMILES string of the molecule is CC(C)C[C@@H](C(=O)Nc1ccc(Cn2cncn2)cc1)n1cccc1. The van der Waals surface area contributed by atoms with Gasteiger partial charge in [0.1, 0.15) is 18.7 Å². The van der Waals surface area contributed by atoms with E-state index in [0.717, 1.165) is 17.7 Å². The molecule has 1 aromatic carbocycles. The van der Waals surface area contributed by atoms with Crippen LogP contribution in [0.5, 0.6) is 0 Å². The number of amides is 1. The summed E-state index contributed by atoms with van der Waals surface area (Å²) in [5.41, 5.74) is 1.90. The van der Waals surface area contributed by atoms with Gasteiger partial charge in [0, 0.05) is 18.1 Å². The maximum absolute atomic E-state index is 12.7. The second-order valence-corrected chi connectivity index (χ2v) is 6.55. The van der Waals surface area contributed by atoms with Crippen LogP contribution in [0, 0.1) is 5.92 Å². The topological polar surface area (TPSA) is 64.7 Å².